The molecule has 0 bridgehead atoms. The predicted molar refractivity (Wildman–Crippen MR) is 101 cm³/mol. The monoisotopic (exact) mass is 342 g/mol. The maximum Gasteiger partial charge on any atom is 0.331 e. The quantitative estimate of drug-likeness (QED) is 0.232. The van der Waals surface area contributed by atoms with Crippen molar-refractivity contribution in [2.45, 2.75) is 33.6 Å². The second-order valence-corrected chi connectivity index (χ2v) is 5.97. The zero-order valence-electron chi connectivity index (χ0n) is 15.0. The first kappa shape index (κ1) is 20.3. The fraction of sp³-hybridized carbons (Fsp3) is 0.286. The van der Waals surface area contributed by atoms with Gasteiger partial charge in [0.05, 0.1) is 0 Å². The summed E-state index contributed by atoms with van der Waals surface area (Å²) < 4.78 is 5.10. The number of carbonyl (C=O) groups is 1. The van der Waals surface area contributed by atoms with Crippen LogP contribution in [0.5, 0.6) is 11.5 Å². The van der Waals surface area contributed by atoms with Gasteiger partial charge in [-0.15, -0.1) is 0 Å². The van der Waals surface area contributed by atoms with Crippen LogP contribution in [0.25, 0.3) is 6.08 Å². The van der Waals surface area contributed by atoms with E-state index in [-0.39, 0.29) is 18.1 Å². The lowest BCUT2D eigenvalue weighted by molar-refractivity contribution is -0.136. The highest BCUT2D eigenvalue weighted by atomic mass is 16.5. The zero-order valence-corrected chi connectivity index (χ0v) is 15.0. The topological polar surface area (TPSA) is 66.8 Å². The van der Waals surface area contributed by atoms with Crippen LogP contribution in [0.1, 0.15) is 39.2 Å². The highest BCUT2D eigenvalue weighted by Gasteiger charge is 1.97. The second-order valence-electron chi connectivity index (χ2n) is 5.97. The average molecular weight is 342 g/mol. The van der Waals surface area contributed by atoms with Crippen LogP contribution in [-0.4, -0.2) is 22.8 Å². The van der Waals surface area contributed by atoms with Crippen molar-refractivity contribution in [1.82, 2.24) is 0 Å². The Hall–Kier alpha value is -2.75. The van der Waals surface area contributed by atoms with Crippen LogP contribution in [0.2, 0.25) is 0 Å². The van der Waals surface area contributed by atoms with Gasteiger partial charge in [-0.05, 0) is 57.4 Å². The Labute approximate surface area is 149 Å². The van der Waals surface area contributed by atoms with Gasteiger partial charge in [-0.3, -0.25) is 0 Å². The van der Waals surface area contributed by atoms with Gasteiger partial charge in [-0.25, -0.2) is 4.79 Å². The van der Waals surface area contributed by atoms with E-state index in [4.69, 9.17) is 4.74 Å². The third-order valence-electron chi connectivity index (χ3n) is 3.38. The maximum atomic E-state index is 11.6. The number of rotatable bonds is 8. The number of aromatic hydroxyl groups is 2. The van der Waals surface area contributed by atoms with Crippen LogP contribution in [0.3, 0.4) is 0 Å². The molecule has 2 N–H and O–H groups in total. The van der Waals surface area contributed by atoms with Crippen LogP contribution in [0.4, 0.5) is 0 Å². The van der Waals surface area contributed by atoms with E-state index in [0.29, 0.717) is 5.56 Å². The molecule has 1 aromatic carbocycles. The highest BCUT2D eigenvalue weighted by molar-refractivity contribution is 5.82. The summed E-state index contributed by atoms with van der Waals surface area (Å²) in [4.78, 5) is 11.6. The molecule has 0 heterocycles. The zero-order chi connectivity index (χ0) is 18.7. The molecule has 1 aromatic rings. The molecule has 0 saturated heterocycles. The molecule has 1 rings (SSSR count). The molecule has 0 amide bonds. The van der Waals surface area contributed by atoms with Crippen molar-refractivity contribution in [3.8, 4) is 11.5 Å². The molecule has 134 valence electrons. The van der Waals surface area contributed by atoms with E-state index in [1.165, 1.54) is 29.4 Å². The third-order valence-corrected chi connectivity index (χ3v) is 3.38. The van der Waals surface area contributed by atoms with Crippen molar-refractivity contribution >= 4 is 12.0 Å². The smallest absolute Gasteiger partial charge is 0.331 e. The minimum atomic E-state index is -0.411. The van der Waals surface area contributed by atoms with E-state index < -0.39 is 5.97 Å². The van der Waals surface area contributed by atoms with Crippen LogP contribution in [0.15, 0.2) is 59.7 Å². The summed E-state index contributed by atoms with van der Waals surface area (Å²) in [7, 11) is 0. The Morgan fingerprint density at radius 2 is 1.84 bits per heavy atom. The van der Waals surface area contributed by atoms with Crippen molar-refractivity contribution in [2.75, 3.05) is 6.61 Å². The Balaban J connectivity index is 2.35. The molecule has 0 aromatic heterocycles. The maximum absolute atomic E-state index is 11.6. The Bertz CT molecular complexity index is 690. The van der Waals surface area contributed by atoms with Gasteiger partial charge in [0.1, 0.15) is 6.61 Å². The largest absolute Gasteiger partial charge is 0.504 e. The third kappa shape index (κ3) is 9.20. The normalized spacial score (nSPS) is 11.9. The van der Waals surface area contributed by atoms with Gasteiger partial charge in [0.25, 0.3) is 0 Å². The van der Waals surface area contributed by atoms with Gasteiger partial charge >= 0.3 is 5.97 Å². The van der Waals surface area contributed by atoms with E-state index in [9.17, 15) is 15.0 Å². The number of ether oxygens (including phenoxy) is 1. The number of hydrogen-bond donors (Lipinski definition) is 2. The summed E-state index contributed by atoms with van der Waals surface area (Å²) in [5.74, 6) is -0.760. The van der Waals surface area contributed by atoms with Gasteiger partial charge < -0.3 is 14.9 Å². The molecule has 0 fully saturated rings. The molecule has 0 atom stereocenters. The number of allylic oxidation sites excluding steroid dienone is 5. The van der Waals surface area contributed by atoms with E-state index in [2.05, 4.69) is 19.9 Å². The van der Waals surface area contributed by atoms with E-state index in [1.807, 2.05) is 13.0 Å². The van der Waals surface area contributed by atoms with Gasteiger partial charge in [0.15, 0.2) is 11.5 Å². The van der Waals surface area contributed by atoms with Crippen molar-refractivity contribution in [1.29, 1.82) is 0 Å². The number of benzene rings is 1. The molecule has 0 aliphatic rings. The first-order valence-corrected chi connectivity index (χ1v) is 8.21. The summed E-state index contributed by atoms with van der Waals surface area (Å²) in [6, 6.07) is 4.49. The molecule has 4 heteroatoms. The van der Waals surface area contributed by atoms with E-state index in [0.717, 1.165) is 12.8 Å². The first-order valence-electron chi connectivity index (χ1n) is 8.21. The number of esters is 1. The van der Waals surface area contributed by atoms with Crippen LogP contribution in [0, 0.1) is 0 Å². The van der Waals surface area contributed by atoms with Crippen molar-refractivity contribution in [2.24, 2.45) is 0 Å². The van der Waals surface area contributed by atoms with Crippen LogP contribution < -0.4 is 0 Å². The fourth-order valence-electron chi connectivity index (χ4n) is 1.95. The lowest BCUT2D eigenvalue weighted by Crippen LogP contribution is -2.00. The average Bonchev–Trinajstić information content (AvgIpc) is 2.54. The summed E-state index contributed by atoms with van der Waals surface area (Å²) in [5, 5.41) is 18.6. The summed E-state index contributed by atoms with van der Waals surface area (Å²) in [6.45, 7) is 6.44. The fourth-order valence-corrected chi connectivity index (χ4v) is 1.95. The summed E-state index contributed by atoms with van der Waals surface area (Å²) >= 11 is 0. The van der Waals surface area contributed by atoms with Crippen molar-refractivity contribution in [3.05, 3.63) is 65.3 Å². The lowest BCUT2D eigenvalue weighted by atomic mass is 10.1. The van der Waals surface area contributed by atoms with E-state index in [1.54, 1.807) is 24.3 Å². The molecule has 0 saturated carbocycles. The molecule has 0 aliphatic heterocycles. The lowest BCUT2D eigenvalue weighted by Gasteiger charge is -2.00. The van der Waals surface area contributed by atoms with E-state index >= 15 is 0 Å². The molecular formula is C21H26O4. The Kier molecular flexibility index (Phi) is 8.86. The molecule has 25 heavy (non-hydrogen) atoms. The van der Waals surface area contributed by atoms with Crippen LogP contribution >= 0.6 is 0 Å². The van der Waals surface area contributed by atoms with Gasteiger partial charge in [-0.2, -0.15) is 0 Å². The highest BCUT2D eigenvalue weighted by Crippen LogP contribution is 2.25. The first-order chi connectivity index (χ1) is 11.9. The molecule has 4 nitrogen and oxygen atoms in total. The minimum Gasteiger partial charge on any atom is -0.504 e. The Morgan fingerprint density at radius 3 is 2.52 bits per heavy atom. The summed E-state index contributed by atoms with van der Waals surface area (Å²) in [5.41, 5.74) is 3.21. The minimum absolute atomic E-state index is 0.166. The molecule has 0 radical (unpaired) electrons. The number of phenols is 2. The number of hydrogen-bond acceptors (Lipinski definition) is 4. The Morgan fingerprint density at radius 1 is 1.08 bits per heavy atom. The molecular weight excluding hydrogens is 316 g/mol. The standard InChI is InChI=1S/C21H26O4/c1-16(2)7-6-8-17(3)13-14-25-21(24)10-5-4-9-18-11-12-19(22)20(23)15-18/h4-5,7,9-13,15,22-23H,6,8,14H2,1-3H3. The van der Waals surface area contributed by atoms with Gasteiger partial charge in [-0.1, -0.05) is 41.5 Å². The van der Waals surface area contributed by atoms with Crippen molar-refractivity contribution in [3.63, 3.8) is 0 Å². The summed E-state index contributed by atoms with van der Waals surface area (Å²) in [6.07, 6.45) is 12.3. The second kappa shape index (κ2) is 10.9. The SMILES string of the molecule is CC(C)=CCCC(C)=CCOC(=O)C=CC=Cc1ccc(O)c(O)c1. The molecule has 0 aliphatic carbocycles. The van der Waals surface area contributed by atoms with Gasteiger partial charge in [0, 0.05) is 6.08 Å². The number of phenolic OH excluding ortho intramolecular Hbond substituents is 2. The van der Waals surface area contributed by atoms with Gasteiger partial charge in [0.2, 0.25) is 0 Å². The predicted octanol–water partition coefficient (Wildman–Crippen LogP) is 4.90. The van der Waals surface area contributed by atoms with Crippen LogP contribution in [-0.2, 0) is 9.53 Å². The number of carbonyl (C=O) groups excluding carboxylic acids is 1. The molecule has 0 unspecified atom stereocenters. The van der Waals surface area contributed by atoms with Crippen molar-refractivity contribution < 1.29 is 19.7 Å². The molecule has 0 spiro atoms.